The molecule has 0 aliphatic heterocycles. The van der Waals surface area contributed by atoms with Crippen molar-refractivity contribution in [2.75, 3.05) is 11.9 Å². The maximum absolute atomic E-state index is 9.36. The van der Waals surface area contributed by atoms with Crippen molar-refractivity contribution in [3.8, 4) is 0 Å². The first-order valence-electron chi connectivity index (χ1n) is 4.14. The molecule has 0 saturated heterocycles. The smallest absolute Gasteiger partial charge is 0.182 e. The topological polar surface area (TPSA) is 45.1 Å². The Morgan fingerprint density at radius 1 is 1.75 bits per heavy atom. The number of nitrogens with one attached hydrogen (secondary N) is 1. The van der Waals surface area contributed by atoms with Crippen molar-refractivity contribution in [1.29, 1.82) is 0 Å². The molecule has 1 rings (SSSR count). The Hall–Kier alpha value is -0.610. The van der Waals surface area contributed by atoms with Crippen molar-refractivity contribution in [3.05, 3.63) is 11.6 Å². The summed E-state index contributed by atoms with van der Waals surface area (Å²) < 4.78 is 0. The SMILES string of the molecule is CCCC(O)CNc1nccs1. The summed E-state index contributed by atoms with van der Waals surface area (Å²) in [5.41, 5.74) is 0. The summed E-state index contributed by atoms with van der Waals surface area (Å²) >= 11 is 1.55. The number of aliphatic hydroxyl groups excluding tert-OH is 1. The van der Waals surface area contributed by atoms with Crippen LogP contribution in [0.5, 0.6) is 0 Å². The molecule has 1 unspecified atom stereocenters. The third-order valence-electron chi connectivity index (χ3n) is 1.54. The number of aromatic nitrogens is 1. The van der Waals surface area contributed by atoms with Crippen LogP contribution in [-0.2, 0) is 0 Å². The van der Waals surface area contributed by atoms with E-state index in [1.807, 2.05) is 5.38 Å². The number of thiazole rings is 1. The molecule has 68 valence electrons. The Bertz CT molecular complexity index is 201. The van der Waals surface area contributed by atoms with Crippen LogP contribution in [0.15, 0.2) is 11.6 Å². The standard InChI is InChI=1S/C8H14N2OS/c1-2-3-7(11)6-10-8-9-4-5-12-8/h4-5,7,11H,2-3,6H2,1H3,(H,9,10). The summed E-state index contributed by atoms with van der Waals surface area (Å²) in [7, 11) is 0. The Labute approximate surface area is 76.5 Å². The molecule has 0 saturated carbocycles. The molecule has 0 aromatic carbocycles. The van der Waals surface area contributed by atoms with Gasteiger partial charge in [0.15, 0.2) is 5.13 Å². The average molecular weight is 186 g/mol. The van der Waals surface area contributed by atoms with Gasteiger partial charge in [-0.1, -0.05) is 13.3 Å². The molecule has 12 heavy (non-hydrogen) atoms. The molecule has 1 aromatic heterocycles. The Balaban J connectivity index is 2.17. The van der Waals surface area contributed by atoms with E-state index in [-0.39, 0.29) is 6.10 Å². The summed E-state index contributed by atoms with van der Waals surface area (Å²) in [6.45, 7) is 2.66. The van der Waals surface area contributed by atoms with Crippen LogP contribution < -0.4 is 5.32 Å². The highest BCUT2D eigenvalue weighted by atomic mass is 32.1. The number of hydrogen-bond donors (Lipinski definition) is 2. The maximum atomic E-state index is 9.36. The predicted octanol–water partition coefficient (Wildman–Crippen LogP) is 1.72. The van der Waals surface area contributed by atoms with Gasteiger partial charge >= 0.3 is 0 Å². The van der Waals surface area contributed by atoms with E-state index < -0.39 is 0 Å². The minimum absolute atomic E-state index is 0.251. The van der Waals surface area contributed by atoms with Gasteiger partial charge in [-0.05, 0) is 6.42 Å². The number of rotatable bonds is 5. The van der Waals surface area contributed by atoms with Crippen LogP contribution in [0.2, 0.25) is 0 Å². The first-order valence-corrected chi connectivity index (χ1v) is 5.02. The second-order valence-electron chi connectivity index (χ2n) is 2.66. The van der Waals surface area contributed by atoms with E-state index in [2.05, 4.69) is 17.2 Å². The van der Waals surface area contributed by atoms with Gasteiger partial charge in [0.25, 0.3) is 0 Å². The maximum Gasteiger partial charge on any atom is 0.182 e. The Kier molecular flexibility index (Phi) is 4.04. The van der Waals surface area contributed by atoms with Gasteiger partial charge in [0.05, 0.1) is 6.10 Å². The molecule has 3 nitrogen and oxygen atoms in total. The van der Waals surface area contributed by atoms with Crippen molar-refractivity contribution < 1.29 is 5.11 Å². The van der Waals surface area contributed by atoms with E-state index in [0.29, 0.717) is 6.54 Å². The molecule has 1 atom stereocenters. The lowest BCUT2D eigenvalue weighted by atomic mass is 10.2. The quantitative estimate of drug-likeness (QED) is 0.736. The zero-order valence-electron chi connectivity index (χ0n) is 7.16. The monoisotopic (exact) mass is 186 g/mol. The van der Waals surface area contributed by atoms with Crippen molar-refractivity contribution in [2.45, 2.75) is 25.9 Å². The third kappa shape index (κ3) is 3.19. The van der Waals surface area contributed by atoms with Crippen LogP contribution in [0.4, 0.5) is 5.13 Å². The number of anilines is 1. The minimum atomic E-state index is -0.251. The largest absolute Gasteiger partial charge is 0.391 e. The highest BCUT2D eigenvalue weighted by Crippen LogP contribution is 2.10. The Morgan fingerprint density at radius 2 is 2.58 bits per heavy atom. The molecule has 0 fully saturated rings. The number of aliphatic hydroxyl groups is 1. The van der Waals surface area contributed by atoms with E-state index in [0.717, 1.165) is 18.0 Å². The lowest BCUT2D eigenvalue weighted by Gasteiger charge is -2.08. The molecular formula is C8H14N2OS. The van der Waals surface area contributed by atoms with Crippen LogP contribution >= 0.6 is 11.3 Å². The molecule has 4 heteroatoms. The van der Waals surface area contributed by atoms with Gasteiger partial charge in [0.2, 0.25) is 0 Å². The predicted molar refractivity (Wildman–Crippen MR) is 51.5 cm³/mol. The highest BCUT2D eigenvalue weighted by Gasteiger charge is 2.02. The van der Waals surface area contributed by atoms with Crippen molar-refractivity contribution >= 4 is 16.5 Å². The fraction of sp³-hybridized carbons (Fsp3) is 0.625. The van der Waals surface area contributed by atoms with Crippen LogP contribution in [0.3, 0.4) is 0 Å². The fourth-order valence-electron chi connectivity index (χ4n) is 0.951. The zero-order valence-corrected chi connectivity index (χ0v) is 7.97. The highest BCUT2D eigenvalue weighted by molar-refractivity contribution is 7.13. The van der Waals surface area contributed by atoms with E-state index >= 15 is 0 Å². The molecule has 1 heterocycles. The van der Waals surface area contributed by atoms with Gasteiger partial charge in [-0.25, -0.2) is 4.98 Å². The first-order chi connectivity index (χ1) is 5.83. The lowest BCUT2D eigenvalue weighted by Crippen LogP contribution is -2.18. The van der Waals surface area contributed by atoms with Gasteiger partial charge in [-0.3, -0.25) is 0 Å². The average Bonchev–Trinajstić information content (AvgIpc) is 2.53. The molecule has 0 radical (unpaired) electrons. The summed E-state index contributed by atoms with van der Waals surface area (Å²) in [6.07, 6.45) is 3.36. The van der Waals surface area contributed by atoms with E-state index in [1.54, 1.807) is 17.5 Å². The molecule has 0 aliphatic carbocycles. The van der Waals surface area contributed by atoms with Gasteiger partial charge in [-0.15, -0.1) is 11.3 Å². The normalized spacial score (nSPS) is 12.8. The zero-order chi connectivity index (χ0) is 8.81. The van der Waals surface area contributed by atoms with Crippen LogP contribution in [0.25, 0.3) is 0 Å². The molecule has 0 spiro atoms. The second kappa shape index (κ2) is 5.11. The molecule has 1 aromatic rings. The lowest BCUT2D eigenvalue weighted by molar-refractivity contribution is 0.176. The molecule has 2 N–H and O–H groups in total. The summed E-state index contributed by atoms with van der Waals surface area (Å²) in [6, 6.07) is 0. The van der Waals surface area contributed by atoms with Gasteiger partial charge in [0, 0.05) is 18.1 Å². The van der Waals surface area contributed by atoms with Gasteiger partial charge in [0.1, 0.15) is 0 Å². The first kappa shape index (κ1) is 9.48. The summed E-state index contributed by atoms with van der Waals surface area (Å²) in [5, 5.41) is 15.2. The summed E-state index contributed by atoms with van der Waals surface area (Å²) in [5.74, 6) is 0. The molecule has 0 aliphatic rings. The van der Waals surface area contributed by atoms with Gasteiger partial charge < -0.3 is 10.4 Å². The Morgan fingerprint density at radius 3 is 3.17 bits per heavy atom. The van der Waals surface area contributed by atoms with Crippen LogP contribution in [0, 0.1) is 0 Å². The number of nitrogens with zero attached hydrogens (tertiary/aromatic N) is 1. The molecular weight excluding hydrogens is 172 g/mol. The van der Waals surface area contributed by atoms with E-state index in [1.165, 1.54) is 0 Å². The van der Waals surface area contributed by atoms with Crippen molar-refractivity contribution in [3.63, 3.8) is 0 Å². The van der Waals surface area contributed by atoms with Gasteiger partial charge in [-0.2, -0.15) is 0 Å². The molecule has 0 amide bonds. The number of hydrogen-bond acceptors (Lipinski definition) is 4. The van der Waals surface area contributed by atoms with Crippen LogP contribution in [0.1, 0.15) is 19.8 Å². The summed E-state index contributed by atoms with van der Waals surface area (Å²) in [4.78, 5) is 4.04. The van der Waals surface area contributed by atoms with Crippen molar-refractivity contribution in [2.24, 2.45) is 0 Å². The fourth-order valence-corrected chi connectivity index (χ4v) is 1.49. The third-order valence-corrected chi connectivity index (χ3v) is 2.27. The molecule has 0 bridgehead atoms. The second-order valence-corrected chi connectivity index (χ2v) is 3.56. The van der Waals surface area contributed by atoms with E-state index in [4.69, 9.17) is 0 Å². The van der Waals surface area contributed by atoms with E-state index in [9.17, 15) is 5.11 Å². The van der Waals surface area contributed by atoms with Crippen LogP contribution in [-0.4, -0.2) is 22.7 Å². The minimum Gasteiger partial charge on any atom is -0.391 e. The van der Waals surface area contributed by atoms with Crippen molar-refractivity contribution in [1.82, 2.24) is 4.98 Å².